The van der Waals surface area contributed by atoms with E-state index in [1.54, 1.807) is 11.1 Å². The first-order valence-electron chi connectivity index (χ1n) is 8.91. The molecule has 4 rings (SSSR count). The number of aromatic nitrogens is 2. The van der Waals surface area contributed by atoms with Crippen LogP contribution in [-0.4, -0.2) is 59.5 Å². The third kappa shape index (κ3) is 2.92. The third-order valence-electron chi connectivity index (χ3n) is 5.14. The van der Waals surface area contributed by atoms with E-state index in [1.165, 1.54) is 0 Å². The van der Waals surface area contributed by atoms with E-state index >= 15 is 0 Å². The molecule has 0 radical (unpaired) electrons. The molecule has 0 spiro atoms. The zero-order valence-corrected chi connectivity index (χ0v) is 15.2. The van der Waals surface area contributed by atoms with Crippen LogP contribution in [-0.2, 0) is 16.9 Å². The lowest BCUT2D eigenvalue weighted by Crippen LogP contribution is -2.58. The maximum Gasteiger partial charge on any atom is 0.251 e. The summed E-state index contributed by atoms with van der Waals surface area (Å²) < 4.78 is 12.7. The highest BCUT2D eigenvalue weighted by Crippen LogP contribution is 2.34. The molecular formula is C19H24N4O3. The second-order valence-corrected chi connectivity index (χ2v) is 7.18. The van der Waals surface area contributed by atoms with Gasteiger partial charge in [0.05, 0.1) is 0 Å². The van der Waals surface area contributed by atoms with Gasteiger partial charge >= 0.3 is 0 Å². The minimum atomic E-state index is -0.651. The van der Waals surface area contributed by atoms with Crippen LogP contribution in [0.25, 0.3) is 0 Å². The fourth-order valence-electron chi connectivity index (χ4n) is 3.95. The molecule has 3 heterocycles. The summed E-state index contributed by atoms with van der Waals surface area (Å²) in [6, 6.07) is 7.92. The van der Waals surface area contributed by atoms with Gasteiger partial charge in [0.15, 0.2) is 17.0 Å². The number of ether oxygens (including phenoxy) is 2. The third-order valence-corrected chi connectivity index (χ3v) is 5.14. The van der Waals surface area contributed by atoms with E-state index in [2.05, 4.69) is 16.1 Å². The van der Waals surface area contributed by atoms with Gasteiger partial charge in [-0.15, -0.1) is 0 Å². The Kier molecular flexibility index (Phi) is 4.32. The molecule has 0 N–H and O–H groups in total. The number of carbonyl (C=O) groups is 1. The molecule has 138 valence electrons. The minimum absolute atomic E-state index is 0.0941. The van der Waals surface area contributed by atoms with Gasteiger partial charge in [0.25, 0.3) is 5.91 Å². The van der Waals surface area contributed by atoms with Gasteiger partial charge in [0.2, 0.25) is 6.79 Å². The van der Waals surface area contributed by atoms with Gasteiger partial charge in [-0.2, -0.15) is 5.10 Å². The van der Waals surface area contributed by atoms with Crippen molar-refractivity contribution in [3.8, 4) is 11.5 Å². The van der Waals surface area contributed by atoms with Crippen molar-refractivity contribution >= 4 is 5.91 Å². The summed E-state index contributed by atoms with van der Waals surface area (Å²) in [5.74, 6) is 1.68. The molecule has 2 aliphatic heterocycles. The van der Waals surface area contributed by atoms with E-state index in [1.807, 2.05) is 43.2 Å². The average Bonchev–Trinajstić information content (AvgIpc) is 3.32. The number of hydrogen-bond donors (Lipinski definition) is 0. The number of likely N-dealkylation sites (tertiary alicyclic amines) is 1. The van der Waals surface area contributed by atoms with Crippen LogP contribution in [0.3, 0.4) is 0 Å². The molecule has 2 aliphatic rings. The molecule has 1 aromatic carbocycles. The highest BCUT2D eigenvalue weighted by atomic mass is 16.7. The maximum absolute atomic E-state index is 13.1. The normalized spacial score (nSPS) is 22.4. The molecule has 1 saturated heterocycles. The molecule has 1 unspecified atom stereocenters. The molecule has 1 fully saturated rings. The summed E-state index contributed by atoms with van der Waals surface area (Å²) in [7, 11) is 3.62. The van der Waals surface area contributed by atoms with Gasteiger partial charge in [-0.05, 0) is 43.1 Å². The first-order valence-corrected chi connectivity index (χ1v) is 8.91. The molecule has 0 saturated carbocycles. The Morgan fingerprint density at radius 1 is 1.31 bits per heavy atom. The second kappa shape index (κ2) is 6.64. The van der Waals surface area contributed by atoms with Crippen LogP contribution in [0.5, 0.6) is 11.5 Å². The molecule has 0 bridgehead atoms. The SMILES string of the molecule is CN(C)C(=O)C1(n2cccn2)CCCN(Cc2ccc3c(c2)OCO3)C1. The zero-order chi connectivity index (χ0) is 18.1. The summed E-state index contributed by atoms with van der Waals surface area (Å²) in [4.78, 5) is 17.1. The van der Waals surface area contributed by atoms with Crippen LogP contribution in [0.2, 0.25) is 0 Å². The van der Waals surface area contributed by atoms with Crippen molar-refractivity contribution < 1.29 is 14.3 Å². The van der Waals surface area contributed by atoms with E-state index < -0.39 is 5.54 Å². The lowest BCUT2D eigenvalue weighted by atomic mass is 9.87. The Bertz CT molecular complexity index is 790. The Labute approximate surface area is 153 Å². The van der Waals surface area contributed by atoms with Crippen LogP contribution in [0.15, 0.2) is 36.7 Å². The maximum atomic E-state index is 13.1. The number of fused-ring (bicyclic) bond motifs is 1. The minimum Gasteiger partial charge on any atom is -0.454 e. The van der Waals surface area contributed by atoms with Gasteiger partial charge in [-0.1, -0.05) is 6.07 Å². The summed E-state index contributed by atoms with van der Waals surface area (Å²) in [6.45, 7) is 2.64. The fourth-order valence-corrected chi connectivity index (χ4v) is 3.95. The molecule has 1 aromatic heterocycles. The number of nitrogens with zero attached hydrogens (tertiary/aromatic N) is 4. The number of piperidine rings is 1. The van der Waals surface area contributed by atoms with E-state index in [9.17, 15) is 4.79 Å². The molecule has 26 heavy (non-hydrogen) atoms. The van der Waals surface area contributed by atoms with Crippen LogP contribution in [0, 0.1) is 0 Å². The largest absolute Gasteiger partial charge is 0.454 e. The van der Waals surface area contributed by atoms with Crippen molar-refractivity contribution in [3.63, 3.8) is 0 Å². The fraction of sp³-hybridized carbons (Fsp3) is 0.474. The summed E-state index contributed by atoms with van der Waals surface area (Å²) in [6.07, 6.45) is 5.38. The summed E-state index contributed by atoms with van der Waals surface area (Å²) >= 11 is 0. The quantitative estimate of drug-likeness (QED) is 0.834. The van der Waals surface area contributed by atoms with Gasteiger partial charge in [-0.25, -0.2) is 0 Å². The molecule has 7 nitrogen and oxygen atoms in total. The van der Waals surface area contributed by atoms with E-state index in [-0.39, 0.29) is 12.7 Å². The standard InChI is InChI=1S/C19H24N4O3/c1-21(2)18(24)19(23-10-4-8-20-23)7-3-9-22(13-19)12-15-5-6-16-17(11-15)26-14-25-16/h4-6,8,10-11H,3,7,9,12-14H2,1-2H3. The van der Waals surface area contributed by atoms with Crippen LogP contribution >= 0.6 is 0 Å². The van der Waals surface area contributed by atoms with Crippen molar-refractivity contribution in [1.29, 1.82) is 0 Å². The summed E-state index contributed by atoms with van der Waals surface area (Å²) in [5, 5.41) is 4.41. The number of carbonyl (C=O) groups excluding carboxylic acids is 1. The van der Waals surface area contributed by atoms with E-state index in [4.69, 9.17) is 9.47 Å². The molecule has 0 aliphatic carbocycles. The monoisotopic (exact) mass is 356 g/mol. The van der Waals surface area contributed by atoms with Crippen molar-refractivity contribution in [3.05, 3.63) is 42.2 Å². The van der Waals surface area contributed by atoms with E-state index in [0.29, 0.717) is 6.54 Å². The predicted molar refractivity (Wildman–Crippen MR) is 96.0 cm³/mol. The highest BCUT2D eigenvalue weighted by molar-refractivity contribution is 5.84. The molecule has 7 heteroatoms. The van der Waals surface area contributed by atoms with Crippen molar-refractivity contribution in [2.24, 2.45) is 0 Å². The number of hydrogen-bond acceptors (Lipinski definition) is 5. The lowest BCUT2D eigenvalue weighted by Gasteiger charge is -2.43. The van der Waals surface area contributed by atoms with E-state index in [0.717, 1.165) is 43.0 Å². The highest BCUT2D eigenvalue weighted by Gasteiger charge is 2.45. The van der Waals surface area contributed by atoms with Crippen LogP contribution in [0.4, 0.5) is 0 Å². The molecule has 1 amide bonds. The van der Waals surface area contributed by atoms with Gasteiger partial charge in [-0.3, -0.25) is 14.4 Å². The average molecular weight is 356 g/mol. The Morgan fingerprint density at radius 2 is 2.15 bits per heavy atom. The van der Waals surface area contributed by atoms with Crippen molar-refractivity contribution in [1.82, 2.24) is 19.6 Å². The van der Waals surface area contributed by atoms with Crippen LogP contribution in [0.1, 0.15) is 18.4 Å². The lowest BCUT2D eigenvalue weighted by molar-refractivity contribution is -0.142. The molecule has 1 atom stereocenters. The number of rotatable bonds is 4. The number of likely N-dealkylation sites (N-methyl/N-ethyl adjacent to an activating group) is 1. The Hall–Kier alpha value is -2.54. The second-order valence-electron chi connectivity index (χ2n) is 7.18. The van der Waals surface area contributed by atoms with Crippen molar-refractivity contribution in [2.75, 3.05) is 34.0 Å². The predicted octanol–water partition coefficient (Wildman–Crippen LogP) is 1.69. The Balaban J connectivity index is 1.58. The Morgan fingerprint density at radius 3 is 2.92 bits per heavy atom. The first-order chi connectivity index (χ1) is 12.6. The summed E-state index contributed by atoms with van der Waals surface area (Å²) in [5.41, 5.74) is 0.504. The number of amides is 1. The topological polar surface area (TPSA) is 59.8 Å². The molecular weight excluding hydrogens is 332 g/mol. The van der Waals surface area contributed by atoms with Gasteiger partial charge in [0, 0.05) is 39.6 Å². The number of benzene rings is 1. The molecule has 2 aromatic rings. The van der Waals surface area contributed by atoms with Gasteiger partial charge < -0.3 is 14.4 Å². The smallest absolute Gasteiger partial charge is 0.251 e. The van der Waals surface area contributed by atoms with Crippen LogP contribution < -0.4 is 9.47 Å². The zero-order valence-electron chi connectivity index (χ0n) is 15.2. The first kappa shape index (κ1) is 16.9. The van der Waals surface area contributed by atoms with Crippen molar-refractivity contribution in [2.45, 2.75) is 24.9 Å². The van der Waals surface area contributed by atoms with Gasteiger partial charge in [0.1, 0.15) is 0 Å².